The molecule has 10 N–H and O–H groups in total. The molecule has 4 atom stereocenters. The minimum atomic E-state index is -1.53. The van der Waals surface area contributed by atoms with Gasteiger partial charge in [0.15, 0.2) is 0 Å². The van der Waals surface area contributed by atoms with E-state index in [9.17, 15) is 38.7 Å². The number of carbonyl (C=O) groups is 7. The minimum Gasteiger partial charge on any atom is -0.481 e. The van der Waals surface area contributed by atoms with Crippen LogP contribution in [0.3, 0.4) is 0 Å². The summed E-state index contributed by atoms with van der Waals surface area (Å²) in [7, 11) is 0. The van der Waals surface area contributed by atoms with Gasteiger partial charge in [0.25, 0.3) is 0 Å². The number of carbonyl (C=O) groups excluding carboxylic acids is 5. The van der Waals surface area contributed by atoms with E-state index in [1.54, 1.807) is 0 Å². The summed E-state index contributed by atoms with van der Waals surface area (Å²) in [5.74, 6) is -6.87. The zero-order valence-corrected chi connectivity index (χ0v) is 18.4. The molecule has 1 saturated heterocycles. The third kappa shape index (κ3) is 9.01. The van der Waals surface area contributed by atoms with Crippen LogP contribution in [0, 0.1) is 0 Å². The summed E-state index contributed by atoms with van der Waals surface area (Å²) < 4.78 is 0. The number of carboxylic acids is 2. The monoisotopic (exact) mass is 486 g/mol. The van der Waals surface area contributed by atoms with Crippen LogP contribution in [0.15, 0.2) is 0 Å². The van der Waals surface area contributed by atoms with Gasteiger partial charge >= 0.3 is 11.9 Å². The molecule has 34 heavy (non-hydrogen) atoms. The molecular formula is C19H30N6O9. The lowest BCUT2D eigenvalue weighted by Crippen LogP contribution is -2.57. The van der Waals surface area contributed by atoms with E-state index in [0.29, 0.717) is 6.42 Å². The molecule has 1 aliphatic heterocycles. The van der Waals surface area contributed by atoms with Gasteiger partial charge < -0.3 is 42.9 Å². The normalized spacial score (nSPS) is 17.8. The van der Waals surface area contributed by atoms with Gasteiger partial charge in [-0.25, -0.2) is 4.79 Å². The van der Waals surface area contributed by atoms with Crippen molar-refractivity contribution < 1.29 is 43.8 Å². The van der Waals surface area contributed by atoms with Crippen LogP contribution in [0.5, 0.6) is 0 Å². The molecule has 15 nitrogen and oxygen atoms in total. The first-order chi connectivity index (χ1) is 15.8. The van der Waals surface area contributed by atoms with Crippen molar-refractivity contribution in [3.8, 4) is 0 Å². The molecule has 0 saturated carbocycles. The van der Waals surface area contributed by atoms with Crippen LogP contribution in [-0.4, -0.2) is 87.3 Å². The molecule has 0 aromatic carbocycles. The fraction of sp³-hybridized carbons (Fsp3) is 0.632. The standard InChI is InChI=1S/C19H30N6O9/c20-9(3-5-13(21)26)16(30)23-10(4-6-15(28)29)17(31)24-11(8-14(22)27)18(32)25-7-1-2-12(25)19(33)34/h9-12H,1-8,20H2,(H2,21,26)(H2,22,27)(H,23,30)(H,24,31)(H,28,29)(H,33,34). The summed E-state index contributed by atoms with van der Waals surface area (Å²) in [6, 6.07) is -5.35. The Labute approximate surface area is 194 Å². The van der Waals surface area contributed by atoms with E-state index >= 15 is 0 Å². The quantitative estimate of drug-likeness (QED) is 0.126. The van der Waals surface area contributed by atoms with Crippen molar-refractivity contribution in [2.24, 2.45) is 17.2 Å². The molecular weight excluding hydrogens is 456 g/mol. The lowest BCUT2D eigenvalue weighted by atomic mass is 10.1. The maximum atomic E-state index is 12.9. The van der Waals surface area contributed by atoms with Crippen molar-refractivity contribution in [1.29, 1.82) is 0 Å². The molecule has 1 fully saturated rings. The summed E-state index contributed by atoms with van der Waals surface area (Å²) in [6.45, 7) is 0.0921. The number of aliphatic carboxylic acids is 2. The van der Waals surface area contributed by atoms with Crippen molar-refractivity contribution in [3.63, 3.8) is 0 Å². The van der Waals surface area contributed by atoms with Crippen LogP contribution < -0.4 is 27.8 Å². The van der Waals surface area contributed by atoms with Gasteiger partial charge in [0.1, 0.15) is 18.1 Å². The molecule has 0 aromatic heterocycles. The van der Waals surface area contributed by atoms with Gasteiger partial charge in [0, 0.05) is 19.4 Å². The topological polar surface area (TPSA) is 265 Å². The van der Waals surface area contributed by atoms with Gasteiger partial charge in [0.05, 0.1) is 12.5 Å². The second-order valence-corrected chi connectivity index (χ2v) is 7.86. The van der Waals surface area contributed by atoms with Crippen LogP contribution in [0.4, 0.5) is 0 Å². The fourth-order valence-electron chi connectivity index (χ4n) is 3.41. The van der Waals surface area contributed by atoms with Gasteiger partial charge in [-0.1, -0.05) is 0 Å². The van der Waals surface area contributed by atoms with E-state index in [-0.39, 0.29) is 32.2 Å². The zero-order chi connectivity index (χ0) is 26.0. The molecule has 1 aliphatic rings. The Morgan fingerprint density at radius 1 is 0.882 bits per heavy atom. The highest BCUT2D eigenvalue weighted by molar-refractivity contribution is 5.96. The number of primary amides is 2. The van der Waals surface area contributed by atoms with E-state index in [2.05, 4.69) is 10.6 Å². The molecule has 1 rings (SSSR count). The number of carboxylic acid groups (broad SMARTS) is 2. The summed E-state index contributed by atoms with van der Waals surface area (Å²) in [6.07, 6.45) is -1.28. The lowest BCUT2D eigenvalue weighted by Gasteiger charge is -2.28. The van der Waals surface area contributed by atoms with E-state index < -0.39 is 78.5 Å². The van der Waals surface area contributed by atoms with Crippen molar-refractivity contribution in [2.45, 2.75) is 69.1 Å². The third-order valence-corrected chi connectivity index (χ3v) is 5.16. The maximum absolute atomic E-state index is 12.9. The fourth-order valence-corrected chi connectivity index (χ4v) is 3.41. The molecule has 4 unspecified atom stereocenters. The Morgan fingerprint density at radius 3 is 2.03 bits per heavy atom. The Morgan fingerprint density at radius 2 is 1.50 bits per heavy atom. The van der Waals surface area contributed by atoms with Crippen molar-refractivity contribution in [3.05, 3.63) is 0 Å². The van der Waals surface area contributed by atoms with Gasteiger partial charge in [-0.2, -0.15) is 0 Å². The summed E-state index contributed by atoms with van der Waals surface area (Å²) in [5, 5.41) is 22.8. The number of hydrogen-bond acceptors (Lipinski definition) is 8. The lowest BCUT2D eigenvalue weighted by molar-refractivity contribution is -0.149. The van der Waals surface area contributed by atoms with E-state index in [4.69, 9.17) is 22.3 Å². The van der Waals surface area contributed by atoms with E-state index in [1.807, 2.05) is 0 Å². The SMILES string of the molecule is NC(=O)CCC(N)C(=O)NC(CCC(=O)O)C(=O)NC(CC(N)=O)C(=O)N1CCCC1C(=O)O. The predicted octanol–water partition coefficient (Wildman–Crippen LogP) is -3.64. The molecule has 190 valence electrons. The second kappa shape index (κ2) is 13.1. The number of nitrogens with zero attached hydrogens (tertiary/aromatic N) is 1. The number of likely N-dealkylation sites (tertiary alicyclic amines) is 1. The number of rotatable bonds is 14. The van der Waals surface area contributed by atoms with Crippen LogP contribution >= 0.6 is 0 Å². The molecule has 0 bridgehead atoms. The Balaban J connectivity index is 3.00. The van der Waals surface area contributed by atoms with Crippen LogP contribution in [0.25, 0.3) is 0 Å². The number of hydrogen-bond donors (Lipinski definition) is 7. The van der Waals surface area contributed by atoms with Gasteiger partial charge in [-0.15, -0.1) is 0 Å². The molecule has 0 aliphatic carbocycles. The highest BCUT2D eigenvalue weighted by Gasteiger charge is 2.39. The smallest absolute Gasteiger partial charge is 0.326 e. The summed E-state index contributed by atoms with van der Waals surface area (Å²) in [5.41, 5.74) is 15.8. The third-order valence-electron chi connectivity index (χ3n) is 5.16. The molecule has 0 radical (unpaired) electrons. The molecule has 0 spiro atoms. The highest BCUT2D eigenvalue weighted by Crippen LogP contribution is 2.19. The highest BCUT2D eigenvalue weighted by atomic mass is 16.4. The maximum Gasteiger partial charge on any atom is 0.326 e. The average Bonchev–Trinajstić information content (AvgIpc) is 3.23. The number of nitrogens with one attached hydrogen (secondary N) is 2. The first kappa shape index (κ1) is 28.3. The van der Waals surface area contributed by atoms with Gasteiger partial charge in [-0.3, -0.25) is 28.8 Å². The molecule has 5 amide bonds. The Kier molecular flexibility index (Phi) is 10.9. The van der Waals surface area contributed by atoms with Crippen LogP contribution in [0.2, 0.25) is 0 Å². The Hall–Kier alpha value is -3.75. The number of amides is 5. The predicted molar refractivity (Wildman–Crippen MR) is 113 cm³/mol. The number of nitrogens with two attached hydrogens (primary N) is 3. The summed E-state index contributed by atoms with van der Waals surface area (Å²) in [4.78, 5) is 83.8. The van der Waals surface area contributed by atoms with E-state index in [0.717, 1.165) is 4.90 Å². The van der Waals surface area contributed by atoms with Crippen LogP contribution in [-0.2, 0) is 33.6 Å². The molecule has 1 heterocycles. The summed E-state index contributed by atoms with van der Waals surface area (Å²) >= 11 is 0. The van der Waals surface area contributed by atoms with Gasteiger partial charge in [0.2, 0.25) is 29.5 Å². The van der Waals surface area contributed by atoms with E-state index in [1.165, 1.54) is 0 Å². The second-order valence-electron chi connectivity index (χ2n) is 7.86. The van der Waals surface area contributed by atoms with Crippen molar-refractivity contribution in [2.75, 3.05) is 6.54 Å². The molecule has 0 aromatic rings. The largest absolute Gasteiger partial charge is 0.481 e. The van der Waals surface area contributed by atoms with Crippen LogP contribution in [0.1, 0.15) is 44.9 Å². The zero-order valence-electron chi connectivity index (χ0n) is 18.4. The van der Waals surface area contributed by atoms with Gasteiger partial charge in [-0.05, 0) is 25.7 Å². The Bertz CT molecular complexity index is 833. The molecule has 15 heteroatoms. The average molecular weight is 486 g/mol. The minimum absolute atomic E-state index is 0.0921. The first-order valence-corrected chi connectivity index (χ1v) is 10.5. The first-order valence-electron chi connectivity index (χ1n) is 10.5. The van der Waals surface area contributed by atoms with Crippen molar-refractivity contribution in [1.82, 2.24) is 15.5 Å². The van der Waals surface area contributed by atoms with Crippen molar-refractivity contribution >= 4 is 41.5 Å².